The summed E-state index contributed by atoms with van der Waals surface area (Å²) in [6, 6.07) is 28.7. The van der Waals surface area contributed by atoms with Crippen molar-refractivity contribution >= 4 is 0 Å². The van der Waals surface area contributed by atoms with Gasteiger partial charge < -0.3 is 14.9 Å². The number of benzene rings is 3. The number of hydrogen-bond donors (Lipinski definition) is 2. The molecule has 1 saturated heterocycles. The molecule has 3 aromatic carbocycles. The molecule has 2 unspecified atom stereocenters. The van der Waals surface area contributed by atoms with Gasteiger partial charge in [-0.25, -0.2) is 0 Å². The Labute approximate surface area is 222 Å². The van der Waals surface area contributed by atoms with E-state index in [9.17, 15) is 10.2 Å². The fourth-order valence-corrected chi connectivity index (χ4v) is 5.74. The fraction of sp³-hybridized carbons (Fsp3) is 0.455. The van der Waals surface area contributed by atoms with Crippen LogP contribution in [0.3, 0.4) is 0 Å². The Morgan fingerprint density at radius 3 is 1.76 bits per heavy atom. The van der Waals surface area contributed by atoms with Crippen molar-refractivity contribution in [3.8, 4) is 0 Å². The van der Waals surface area contributed by atoms with Gasteiger partial charge in [0, 0.05) is 20.2 Å². The Kier molecular flexibility index (Phi) is 8.86. The largest absolute Gasteiger partial charge is 0.380 e. The summed E-state index contributed by atoms with van der Waals surface area (Å²) in [6.07, 6.45) is 2.48. The van der Waals surface area contributed by atoms with Crippen molar-refractivity contribution in [1.82, 2.24) is 4.90 Å². The smallest absolute Gasteiger partial charge is 0.117 e. The van der Waals surface area contributed by atoms with E-state index in [1.54, 1.807) is 7.11 Å². The summed E-state index contributed by atoms with van der Waals surface area (Å²) in [4.78, 5) is 2.16. The molecule has 0 amide bonds. The molecular formula is C33H43NO3. The van der Waals surface area contributed by atoms with Gasteiger partial charge in [0.05, 0.1) is 6.10 Å². The molecule has 0 saturated carbocycles. The van der Waals surface area contributed by atoms with Crippen LogP contribution in [0.1, 0.15) is 74.8 Å². The molecule has 2 N–H and O–H groups in total. The predicted molar refractivity (Wildman–Crippen MR) is 150 cm³/mol. The molecule has 0 bridgehead atoms. The Hall–Kier alpha value is -2.50. The van der Waals surface area contributed by atoms with Crippen molar-refractivity contribution in [2.75, 3.05) is 20.2 Å². The third kappa shape index (κ3) is 6.32. The summed E-state index contributed by atoms with van der Waals surface area (Å²) < 4.78 is 5.80. The molecule has 4 nitrogen and oxygen atoms in total. The van der Waals surface area contributed by atoms with Gasteiger partial charge in [-0.3, -0.25) is 4.90 Å². The number of hydrogen-bond acceptors (Lipinski definition) is 4. The number of aliphatic hydroxyl groups is 2. The minimum absolute atomic E-state index is 0.0394. The minimum Gasteiger partial charge on any atom is -0.380 e. The van der Waals surface area contributed by atoms with E-state index >= 15 is 0 Å². The van der Waals surface area contributed by atoms with Gasteiger partial charge in [-0.05, 0) is 59.3 Å². The second-order valence-corrected chi connectivity index (χ2v) is 11.5. The van der Waals surface area contributed by atoms with Gasteiger partial charge in [0.2, 0.25) is 0 Å². The summed E-state index contributed by atoms with van der Waals surface area (Å²) in [5, 5.41) is 23.2. The Balaban J connectivity index is 1.38. The highest BCUT2D eigenvalue weighted by Crippen LogP contribution is 2.42. The molecule has 1 fully saturated rings. The van der Waals surface area contributed by atoms with E-state index < -0.39 is 11.8 Å². The van der Waals surface area contributed by atoms with E-state index in [0.717, 1.165) is 49.0 Å². The first-order valence-electron chi connectivity index (χ1n) is 13.6. The highest BCUT2D eigenvalue weighted by molar-refractivity contribution is 5.37. The normalized spacial score (nSPS) is 17.5. The van der Waals surface area contributed by atoms with E-state index in [4.69, 9.17) is 4.74 Å². The van der Waals surface area contributed by atoms with Crippen molar-refractivity contribution in [2.24, 2.45) is 5.92 Å². The Morgan fingerprint density at radius 2 is 1.30 bits per heavy atom. The standard InChI is InChI=1S/C33H43NO3/c1-32(2,3)26-17-15-25(16-18-26)30(37-4)19-20-31(35)34-23-21-29(22-24-34)33(36,27-11-7-5-8-12-27)28-13-9-6-10-14-28/h5-18,29-31,35-36H,19-24H2,1-4H3. The molecular weight excluding hydrogens is 458 g/mol. The quantitative estimate of drug-likeness (QED) is 0.355. The first-order chi connectivity index (χ1) is 17.7. The molecule has 0 spiro atoms. The Bertz CT molecular complexity index is 1040. The highest BCUT2D eigenvalue weighted by Gasteiger charge is 2.42. The van der Waals surface area contributed by atoms with Crippen LogP contribution in [-0.2, 0) is 15.8 Å². The lowest BCUT2D eigenvalue weighted by molar-refractivity contribution is -0.0647. The zero-order valence-electron chi connectivity index (χ0n) is 22.8. The molecule has 1 aliphatic rings. The van der Waals surface area contributed by atoms with Crippen molar-refractivity contribution in [1.29, 1.82) is 0 Å². The van der Waals surface area contributed by atoms with Crippen LogP contribution in [0.5, 0.6) is 0 Å². The second-order valence-electron chi connectivity index (χ2n) is 11.5. The van der Waals surface area contributed by atoms with Crippen LogP contribution in [0, 0.1) is 5.92 Å². The average Bonchev–Trinajstić information content (AvgIpc) is 2.93. The summed E-state index contributed by atoms with van der Waals surface area (Å²) in [5.74, 6) is 0.0776. The maximum atomic E-state index is 12.1. The first-order valence-corrected chi connectivity index (χ1v) is 13.6. The summed E-state index contributed by atoms with van der Waals surface area (Å²) in [7, 11) is 1.74. The number of piperidine rings is 1. The van der Waals surface area contributed by atoms with E-state index in [0.29, 0.717) is 6.42 Å². The topological polar surface area (TPSA) is 52.9 Å². The van der Waals surface area contributed by atoms with E-state index in [1.807, 2.05) is 60.7 Å². The molecule has 4 heteroatoms. The van der Waals surface area contributed by atoms with Gasteiger partial charge in [0.15, 0.2) is 0 Å². The number of methoxy groups -OCH3 is 1. The molecule has 1 aliphatic heterocycles. The predicted octanol–water partition coefficient (Wildman–Crippen LogP) is 6.42. The van der Waals surface area contributed by atoms with Crippen molar-refractivity contribution < 1.29 is 14.9 Å². The monoisotopic (exact) mass is 501 g/mol. The summed E-state index contributed by atoms with van der Waals surface area (Å²) >= 11 is 0. The minimum atomic E-state index is -1.04. The zero-order valence-corrected chi connectivity index (χ0v) is 22.8. The molecule has 0 radical (unpaired) electrons. The van der Waals surface area contributed by atoms with Gasteiger partial charge in [0.25, 0.3) is 0 Å². The number of aliphatic hydroxyl groups excluding tert-OH is 1. The van der Waals surface area contributed by atoms with Crippen molar-refractivity contribution in [2.45, 2.75) is 69.8 Å². The first kappa shape index (κ1) is 27.5. The maximum absolute atomic E-state index is 12.1. The van der Waals surface area contributed by atoms with Gasteiger partial charge in [-0.15, -0.1) is 0 Å². The van der Waals surface area contributed by atoms with Gasteiger partial charge in [0.1, 0.15) is 11.8 Å². The van der Waals surface area contributed by atoms with Crippen LogP contribution in [0.25, 0.3) is 0 Å². The molecule has 3 aromatic rings. The molecule has 1 heterocycles. The van der Waals surface area contributed by atoms with E-state index in [-0.39, 0.29) is 17.4 Å². The van der Waals surface area contributed by atoms with Crippen LogP contribution in [0.4, 0.5) is 0 Å². The number of likely N-dealkylation sites (tertiary alicyclic amines) is 1. The van der Waals surface area contributed by atoms with Crippen molar-refractivity contribution in [3.63, 3.8) is 0 Å². The lowest BCUT2D eigenvalue weighted by Gasteiger charge is -2.43. The molecule has 2 atom stereocenters. The fourth-order valence-electron chi connectivity index (χ4n) is 5.74. The van der Waals surface area contributed by atoms with E-state index in [2.05, 4.69) is 49.9 Å². The third-order valence-electron chi connectivity index (χ3n) is 8.09. The lowest BCUT2D eigenvalue weighted by Crippen LogP contribution is -2.47. The number of ether oxygens (including phenoxy) is 1. The summed E-state index contributed by atoms with van der Waals surface area (Å²) in [6.45, 7) is 8.17. The third-order valence-corrected chi connectivity index (χ3v) is 8.09. The Morgan fingerprint density at radius 1 is 0.784 bits per heavy atom. The second kappa shape index (κ2) is 11.9. The van der Waals surface area contributed by atoms with Gasteiger partial charge >= 0.3 is 0 Å². The van der Waals surface area contributed by atoms with Gasteiger partial charge in [-0.2, -0.15) is 0 Å². The number of nitrogens with zero attached hydrogens (tertiary/aromatic N) is 1. The SMILES string of the molecule is COC(CCC(O)N1CCC(C(O)(c2ccccc2)c2ccccc2)CC1)c1ccc(C(C)(C)C)cc1. The molecule has 37 heavy (non-hydrogen) atoms. The van der Waals surface area contributed by atoms with Crippen LogP contribution in [0.2, 0.25) is 0 Å². The summed E-state index contributed by atoms with van der Waals surface area (Å²) in [5.41, 5.74) is 3.40. The van der Waals surface area contributed by atoms with Gasteiger partial charge in [-0.1, -0.05) is 106 Å². The molecule has 0 aromatic heterocycles. The van der Waals surface area contributed by atoms with Crippen LogP contribution in [-0.4, -0.2) is 41.5 Å². The average molecular weight is 502 g/mol. The molecule has 198 valence electrons. The van der Waals surface area contributed by atoms with Crippen LogP contribution >= 0.6 is 0 Å². The van der Waals surface area contributed by atoms with Crippen LogP contribution in [0.15, 0.2) is 84.9 Å². The lowest BCUT2D eigenvalue weighted by atomic mass is 9.72. The molecule has 4 rings (SSSR count). The van der Waals surface area contributed by atoms with E-state index in [1.165, 1.54) is 5.56 Å². The zero-order chi connectivity index (χ0) is 26.5. The van der Waals surface area contributed by atoms with Crippen molar-refractivity contribution in [3.05, 3.63) is 107 Å². The van der Waals surface area contributed by atoms with Crippen LogP contribution < -0.4 is 0 Å². The highest BCUT2D eigenvalue weighted by atomic mass is 16.5. The maximum Gasteiger partial charge on any atom is 0.117 e. The number of rotatable bonds is 9. The molecule has 0 aliphatic carbocycles.